The van der Waals surface area contributed by atoms with Crippen LogP contribution in [0, 0.1) is 5.41 Å². The SMILES string of the molecule is CC(C)Oc1ccc(NC(=O)C2(C)COC3(CCCCC3)OC2)cc1C(F)(F)F. The van der Waals surface area contributed by atoms with E-state index in [1.165, 1.54) is 12.1 Å². The minimum absolute atomic E-state index is 0.0533. The monoisotopic (exact) mass is 415 g/mol. The van der Waals surface area contributed by atoms with E-state index in [1.807, 2.05) is 0 Å². The molecule has 29 heavy (non-hydrogen) atoms. The highest BCUT2D eigenvalue weighted by atomic mass is 19.4. The number of anilines is 1. The van der Waals surface area contributed by atoms with Crippen molar-refractivity contribution in [1.82, 2.24) is 0 Å². The molecule has 3 rings (SSSR count). The fourth-order valence-electron chi connectivity index (χ4n) is 3.64. The summed E-state index contributed by atoms with van der Waals surface area (Å²) in [5.41, 5.74) is -1.85. The van der Waals surface area contributed by atoms with Crippen LogP contribution in [-0.2, 0) is 20.4 Å². The van der Waals surface area contributed by atoms with Crippen LogP contribution in [-0.4, -0.2) is 31.0 Å². The first-order chi connectivity index (χ1) is 13.5. The molecule has 1 aromatic carbocycles. The van der Waals surface area contributed by atoms with Crippen molar-refractivity contribution in [3.8, 4) is 5.75 Å². The van der Waals surface area contributed by atoms with Crippen molar-refractivity contribution in [1.29, 1.82) is 0 Å². The average molecular weight is 415 g/mol. The van der Waals surface area contributed by atoms with Crippen molar-refractivity contribution in [2.75, 3.05) is 18.5 Å². The fraction of sp³-hybridized carbons (Fsp3) is 0.667. The second kappa shape index (κ2) is 8.14. The van der Waals surface area contributed by atoms with Crippen LogP contribution in [0.25, 0.3) is 0 Å². The van der Waals surface area contributed by atoms with Crippen LogP contribution in [0.3, 0.4) is 0 Å². The molecule has 0 unspecified atom stereocenters. The Hall–Kier alpha value is -1.80. The predicted molar refractivity (Wildman–Crippen MR) is 102 cm³/mol. The summed E-state index contributed by atoms with van der Waals surface area (Å²) in [6, 6.07) is 3.53. The van der Waals surface area contributed by atoms with Gasteiger partial charge in [0.25, 0.3) is 0 Å². The second-order valence-corrected chi connectivity index (χ2v) is 8.44. The Morgan fingerprint density at radius 1 is 1.14 bits per heavy atom. The predicted octanol–water partition coefficient (Wildman–Crippen LogP) is 5.14. The Bertz CT molecular complexity index is 732. The molecule has 2 aliphatic rings. The van der Waals surface area contributed by atoms with E-state index in [1.54, 1.807) is 20.8 Å². The standard InChI is InChI=1S/C21H28F3NO4/c1-14(2)29-17-8-7-15(11-16(17)21(22,23)24)25-18(26)19(3)12-27-20(28-13-19)9-5-4-6-10-20/h7-8,11,14H,4-6,9-10,12-13H2,1-3H3,(H,25,26). The summed E-state index contributed by atoms with van der Waals surface area (Å²) < 4.78 is 57.4. The number of carbonyl (C=O) groups excluding carboxylic acids is 1. The smallest absolute Gasteiger partial charge is 0.420 e. The minimum atomic E-state index is -4.60. The van der Waals surface area contributed by atoms with E-state index in [0.717, 1.165) is 38.2 Å². The van der Waals surface area contributed by atoms with E-state index in [0.29, 0.717) is 0 Å². The quantitative estimate of drug-likeness (QED) is 0.739. The van der Waals surface area contributed by atoms with E-state index >= 15 is 0 Å². The van der Waals surface area contributed by atoms with Gasteiger partial charge in [0.05, 0.1) is 30.3 Å². The zero-order chi connectivity index (χ0) is 21.3. The zero-order valence-electron chi connectivity index (χ0n) is 17.0. The number of carbonyl (C=O) groups is 1. The molecule has 0 atom stereocenters. The molecule has 1 aliphatic carbocycles. The number of benzene rings is 1. The third-order valence-electron chi connectivity index (χ3n) is 5.38. The third kappa shape index (κ3) is 5.04. The van der Waals surface area contributed by atoms with Crippen molar-refractivity contribution in [2.45, 2.75) is 70.9 Å². The molecular weight excluding hydrogens is 387 g/mol. The van der Waals surface area contributed by atoms with E-state index in [9.17, 15) is 18.0 Å². The van der Waals surface area contributed by atoms with Crippen LogP contribution >= 0.6 is 0 Å². The first-order valence-electron chi connectivity index (χ1n) is 10.0. The molecule has 0 bridgehead atoms. The van der Waals surface area contributed by atoms with Gasteiger partial charge in [0.2, 0.25) is 5.91 Å². The van der Waals surface area contributed by atoms with E-state index in [-0.39, 0.29) is 24.7 Å². The number of nitrogens with one attached hydrogen (secondary N) is 1. The van der Waals surface area contributed by atoms with Crippen LogP contribution in [0.1, 0.15) is 58.4 Å². The Labute approximate surface area is 168 Å². The maximum atomic E-state index is 13.4. The van der Waals surface area contributed by atoms with Crippen LogP contribution in [0.4, 0.5) is 18.9 Å². The van der Waals surface area contributed by atoms with Gasteiger partial charge in [0.15, 0.2) is 5.79 Å². The fourth-order valence-corrected chi connectivity index (χ4v) is 3.64. The van der Waals surface area contributed by atoms with Crippen molar-refractivity contribution in [3.05, 3.63) is 23.8 Å². The summed E-state index contributed by atoms with van der Waals surface area (Å²) in [5.74, 6) is -1.31. The summed E-state index contributed by atoms with van der Waals surface area (Å²) in [6.45, 7) is 5.33. The molecule has 1 heterocycles. The molecular formula is C21H28F3NO4. The van der Waals surface area contributed by atoms with Crippen LogP contribution in [0.2, 0.25) is 0 Å². The lowest BCUT2D eigenvalue weighted by molar-refractivity contribution is -0.306. The Morgan fingerprint density at radius 2 is 1.76 bits per heavy atom. The molecule has 1 amide bonds. The first-order valence-corrected chi connectivity index (χ1v) is 10.0. The van der Waals surface area contributed by atoms with Gasteiger partial charge in [-0.15, -0.1) is 0 Å². The molecule has 5 nitrogen and oxygen atoms in total. The lowest BCUT2D eigenvalue weighted by Crippen LogP contribution is -2.53. The molecule has 2 fully saturated rings. The largest absolute Gasteiger partial charge is 0.490 e. The molecule has 0 radical (unpaired) electrons. The average Bonchev–Trinajstić information content (AvgIpc) is 2.65. The summed E-state index contributed by atoms with van der Waals surface area (Å²) >= 11 is 0. The molecule has 1 N–H and O–H groups in total. The zero-order valence-corrected chi connectivity index (χ0v) is 17.0. The summed E-state index contributed by atoms with van der Waals surface area (Å²) in [4.78, 5) is 12.8. The molecule has 1 saturated carbocycles. The Balaban J connectivity index is 1.71. The van der Waals surface area contributed by atoms with E-state index < -0.39 is 35.0 Å². The number of rotatable bonds is 4. The van der Waals surface area contributed by atoms with Gasteiger partial charge in [-0.3, -0.25) is 4.79 Å². The molecule has 1 spiro atoms. The molecule has 1 aliphatic heterocycles. The second-order valence-electron chi connectivity index (χ2n) is 8.44. The highest BCUT2D eigenvalue weighted by Crippen LogP contribution is 2.41. The normalized spacial score (nSPS) is 21.2. The highest BCUT2D eigenvalue weighted by molar-refractivity contribution is 5.95. The van der Waals surface area contributed by atoms with Gasteiger partial charge in [-0.05, 0) is 51.8 Å². The van der Waals surface area contributed by atoms with Crippen molar-refractivity contribution in [2.24, 2.45) is 5.41 Å². The van der Waals surface area contributed by atoms with Gasteiger partial charge >= 0.3 is 6.18 Å². The van der Waals surface area contributed by atoms with Gasteiger partial charge < -0.3 is 19.5 Å². The minimum Gasteiger partial charge on any atom is -0.490 e. The van der Waals surface area contributed by atoms with Gasteiger partial charge in [-0.1, -0.05) is 6.42 Å². The topological polar surface area (TPSA) is 56.8 Å². The maximum Gasteiger partial charge on any atom is 0.420 e. The van der Waals surface area contributed by atoms with E-state index in [2.05, 4.69) is 5.32 Å². The molecule has 1 aromatic rings. The van der Waals surface area contributed by atoms with Gasteiger partial charge in [0, 0.05) is 18.5 Å². The maximum absolute atomic E-state index is 13.4. The summed E-state index contributed by atoms with van der Waals surface area (Å²) in [7, 11) is 0. The highest BCUT2D eigenvalue weighted by Gasteiger charge is 2.46. The Morgan fingerprint density at radius 3 is 2.31 bits per heavy atom. The molecule has 8 heteroatoms. The van der Waals surface area contributed by atoms with Gasteiger partial charge in [-0.25, -0.2) is 0 Å². The third-order valence-corrected chi connectivity index (χ3v) is 5.38. The van der Waals surface area contributed by atoms with Crippen molar-refractivity contribution in [3.63, 3.8) is 0 Å². The molecule has 1 saturated heterocycles. The van der Waals surface area contributed by atoms with Gasteiger partial charge in [-0.2, -0.15) is 13.2 Å². The summed E-state index contributed by atoms with van der Waals surface area (Å²) in [6.07, 6.45) is -0.210. The number of hydrogen-bond acceptors (Lipinski definition) is 4. The van der Waals surface area contributed by atoms with Crippen LogP contribution in [0.15, 0.2) is 18.2 Å². The summed E-state index contributed by atoms with van der Waals surface area (Å²) in [5, 5.41) is 2.58. The molecule has 0 aromatic heterocycles. The lowest BCUT2D eigenvalue weighted by Gasteiger charge is -2.45. The van der Waals surface area contributed by atoms with E-state index in [4.69, 9.17) is 14.2 Å². The molecule has 162 valence electrons. The number of amides is 1. The number of halogens is 3. The van der Waals surface area contributed by atoms with Gasteiger partial charge in [0.1, 0.15) is 5.75 Å². The Kier molecular flexibility index (Phi) is 6.15. The first kappa shape index (κ1) is 21.9. The van der Waals surface area contributed by atoms with Crippen molar-refractivity contribution < 1.29 is 32.2 Å². The number of ether oxygens (including phenoxy) is 3. The lowest BCUT2D eigenvalue weighted by atomic mass is 9.87. The number of hydrogen-bond donors (Lipinski definition) is 1. The van der Waals surface area contributed by atoms with Crippen molar-refractivity contribution >= 4 is 11.6 Å². The van der Waals surface area contributed by atoms with Crippen LogP contribution in [0.5, 0.6) is 5.75 Å². The number of alkyl halides is 3. The van der Waals surface area contributed by atoms with Crippen LogP contribution < -0.4 is 10.1 Å².